The van der Waals surface area contributed by atoms with Gasteiger partial charge in [-0.25, -0.2) is 13.1 Å². The molecule has 0 amide bonds. The number of hydrogen-bond donors (Lipinski definition) is 1. The molecule has 1 N–H and O–H groups in total. The van der Waals surface area contributed by atoms with Crippen LogP contribution in [-0.4, -0.2) is 65.9 Å². The first kappa shape index (κ1) is 20.0. The molecule has 25 heavy (non-hydrogen) atoms. The van der Waals surface area contributed by atoms with Crippen LogP contribution >= 0.6 is 0 Å². The lowest BCUT2D eigenvalue weighted by Gasteiger charge is -2.40. The van der Waals surface area contributed by atoms with E-state index in [2.05, 4.69) is 9.62 Å². The molecule has 0 spiro atoms. The Kier molecular flexibility index (Phi) is 6.31. The quantitative estimate of drug-likeness (QED) is 0.780. The average molecular weight is 372 g/mol. The molecular weight excluding hydrogens is 344 g/mol. The van der Waals surface area contributed by atoms with Crippen LogP contribution in [0.3, 0.4) is 0 Å². The summed E-state index contributed by atoms with van der Waals surface area (Å²) in [4.78, 5) is 2.43. The first-order valence-electron chi connectivity index (χ1n) is 8.26. The van der Waals surface area contributed by atoms with E-state index in [1.54, 1.807) is 13.0 Å². The fraction of sp³-hybridized carbons (Fsp3) is 0.647. The maximum Gasteiger partial charge on any atom is 0.241 e. The van der Waals surface area contributed by atoms with Crippen molar-refractivity contribution >= 4 is 10.0 Å². The predicted molar refractivity (Wildman–Crippen MR) is 95.9 cm³/mol. The van der Waals surface area contributed by atoms with Crippen LogP contribution in [0.15, 0.2) is 17.0 Å². The molecular formula is C17H28N2O5S. The van der Waals surface area contributed by atoms with Gasteiger partial charge in [-0.3, -0.25) is 4.90 Å². The van der Waals surface area contributed by atoms with E-state index < -0.39 is 10.0 Å². The van der Waals surface area contributed by atoms with E-state index >= 15 is 0 Å². The van der Waals surface area contributed by atoms with Gasteiger partial charge in [-0.1, -0.05) is 0 Å². The summed E-state index contributed by atoms with van der Waals surface area (Å²) >= 11 is 0. The van der Waals surface area contributed by atoms with Gasteiger partial charge in [0, 0.05) is 31.2 Å². The van der Waals surface area contributed by atoms with Gasteiger partial charge in [0.1, 0.15) is 0 Å². The van der Waals surface area contributed by atoms with Crippen molar-refractivity contribution in [2.75, 3.05) is 47.1 Å². The van der Waals surface area contributed by atoms with Crippen molar-refractivity contribution in [3.63, 3.8) is 0 Å². The Labute approximate surface area is 150 Å². The Balaban J connectivity index is 2.18. The van der Waals surface area contributed by atoms with E-state index in [9.17, 15) is 8.42 Å². The van der Waals surface area contributed by atoms with Crippen LogP contribution in [0.4, 0.5) is 0 Å². The highest BCUT2D eigenvalue weighted by Crippen LogP contribution is 2.32. The summed E-state index contributed by atoms with van der Waals surface area (Å²) in [6.45, 7) is 9.04. The van der Waals surface area contributed by atoms with Gasteiger partial charge in [0.15, 0.2) is 11.5 Å². The molecule has 1 fully saturated rings. The maximum absolute atomic E-state index is 12.8. The van der Waals surface area contributed by atoms with Crippen molar-refractivity contribution in [3.05, 3.63) is 17.7 Å². The number of aryl methyl sites for hydroxylation is 1. The molecule has 1 aromatic carbocycles. The number of methoxy groups -OCH3 is 2. The predicted octanol–water partition coefficient (Wildman–Crippen LogP) is 1.40. The van der Waals surface area contributed by atoms with E-state index in [1.165, 1.54) is 20.3 Å². The van der Waals surface area contributed by atoms with Crippen LogP contribution in [0.2, 0.25) is 0 Å². The second-order valence-electron chi connectivity index (χ2n) is 6.71. The Morgan fingerprint density at radius 2 is 1.72 bits per heavy atom. The molecule has 0 bridgehead atoms. The minimum Gasteiger partial charge on any atom is -0.493 e. The highest BCUT2D eigenvalue weighted by Gasteiger charge is 2.30. The fourth-order valence-corrected chi connectivity index (χ4v) is 4.33. The normalized spacial score (nSPS) is 16.7. The summed E-state index contributed by atoms with van der Waals surface area (Å²) in [5, 5.41) is 0. The van der Waals surface area contributed by atoms with Crippen LogP contribution in [0, 0.1) is 6.92 Å². The van der Waals surface area contributed by atoms with Crippen molar-refractivity contribution < 1.29 is 22.6 Å². The number of rotatable bonds is 7. The Morgan fingerprint density at radius 1 is 1.16 bits per heavy atom. The second-order valence-corrected chi connectivity index (χ2v) is 8.44. The molecule has 1 saturated heterocycles. The van der Waals surface area contributed by atoms with Crippen molar-refractivity contribution in [2.45, 2.75) is 31.2 Å². The monoisotopic (exact) mass is 372 g/mol. The van der Waals surface area contributed by atoms with Gasteiger partial charge in [-0.05, 0) is 32.4 Å². The van der Waals surface area contributed by atoms with Crippen molar-refractivity contribution in [1.29, 1.82) is 0 Å². The van der Waals surface area contributed by atoms with Gasteiger partial charge in [0.2, 0.25) is 10.0 Å². The molecule has 0 atom stereocenters. The van der Waals surface area contributed by atoms with Crippen LogP contribution < -0.4 is 14.2 Å². The molecule has 0 unspecified atom stereocenters. The fourth-order valence-electron chi connectivity index (χ4n) is 2.88. The maximum atomic E-state index is 12.8. The van der Waals surface area contributed by atoms with E-state index in [0.29, 0.717) is 36.8 Å². The van der Waals surface area contributed by atoms with Crippen LogP contribution in [-0.2, 0) is 14.8 Å². The Hall–Kier alpha value is -1.35. The van der Waals surface area contributed by atoms with Gasteiger partial charge >= 0.3 is 0 Å². The van der Waals surface area contributed by atoms with Crippen LogP contribution in [0.1, 0.15) is 19.4 Å². The zero-order chi connectivity index (χ0) is 18.7. The zero-order valence-electron chi connectivity index (χ0n) is 15.6. The number of hydrogen-bond acceptors (Lipinski definition) is 6. The van der Waals surface area contributed by atoms with Gasteiger partial charge in [-0.15, -0.1) is 0 Å². The molecule has 1 heterocycles. The third kappa shape index (κ3) is 4.63. The van der Waals surface area contributed by atoms with Crippen molar-refractivity contribution in [1.82, 2.24) is 9.62 Å². The molecule has 8 heteroatoms. The van der Waals surface area contributed by atoms with E-state index in [4.69, 9.17) is 14.2 Å². The molecule has 0 aromatic heterocycles. The lowest BCUT2D eigenvalue weighted by atomic mass is 10.0. The molecule has 0 aliphatic carbocycles. The zero-order valence-corrected chi connectivity index (χ0v) is 16.4. The Bertz CT molecular complexity index is 697. The largest absolute Gasteiger partial charge is 0.493 e. The summed E-state index contributed by atoms with van der Waals surface area (Å²) in [6.07, 6.45) is 0. The molecule has 1 aromatic rings. The standard InChI is InChI=1S/C17H28N2O5S/c1-13-10-14(22-4)15(23-5)11-16(13)25(20,21)18-12-17(2,3)19-6-8-24-9-7-19/h10-11,18H,6-9,12H2,1-5H3. The molecule has 1 aliphatic heterocycles. The number of ether oxygens (including phenoxy) is 3. The van der Waals surface area contributed by atoms with Gasteiger partial charge in [-0.2, -0.15) is 0 Å². The third-order valence-corrected chi connectivity index (χ3v) is 6.08. The summed E-state index contributed by atoms with van der Waals surface area (Å²) in [7, 11) is -0.657. The molecule has 142 valence electrons. The van der Waals surface area contributed by atoms with Gasteiger partial charge in [0.25, 0.3) is 0 Å². The summed E-state index contributed by atoms with van der Waals surface area (Å²) < 4.78 is 44.1. The first-order chi connectivity index (χ1) is 11.7. The molecule has 2 rings (SSSR count). The smallest absolute Gasteiger partial charge is 0.241 e. The van der Waals surface area contributed by atoms with E-state index in [-0.39, 0.29) is 10.4 Å². The number of morpholine rings is 1. The number of nitrogens with zero attached hydrogens (tertiary/aromatic N) is 1. The summed E-state index contributed by atoms with van der Waals surface area (Å²) in [5.41, 5.74) is 0.302. The topological polar surface area (TPSA) is 77.1 Å². The van der Waals surface area contributed by atoms with Crippen molar-refractivity contribution in [3.8, 4) is 11.5 Å². The lowest BCUT2D eigenvalue weighted by molar-refractivity contribution is -0.00803. The van der Waals surface area contributed by atoms with E-state index in [0.717, 1.165) is 13.1 Å². The Morgan fingerprint density at radius 3 is 2.28 bits per heavy atom. The highest BCUT2D eigenvalue weighted by molar-refractivity contribution is 7.89. The van der Waals surface area contributed by atoms with Crippen LogP contribution in [0.5, 0.6) is 11.5 Å². The first-order valence-corrected chi connectivity index (χ1v) is 9.74. The molecule has 0 radical (unpaired) electrons. The lowest BCUT2D eigenvalue weighted by Crippen LogP contribution is -2.55. The van der Waals surface area contributed by atoms with Gasteiger partial charge < -0.3 is 14.2 Å². The third-order valence-electron chi connectivity index (χ3n) is 4.53. The molecule has 7 nitrogen and oxygen atoms in total. The van der Waals surface area contributed by atoms with Gasteiger partial charge in [0.05, 0.1) is 32.3 Å². The highest BCUT2D eigenvalue weighted by atomic mass is 32.2. The number of nitrogens with one attached hydrogen (secondary N) is 1. The minimum absolute atomic E-state index is 0.197. The summed E-state index contributed by atoms with van der Waals surface area (Å²) in [5.74, 6) is 0.897. The average Bonchev–Trinajstić information content (AvgIpc) is 2.60. The minimum atomic E-state index is -3.66. The summed E-state index contributed by atoms with van der Waals surface area (Å²) in [6, 6.07) is 3.17. The second kappa shape index (κ2) is 7.90. The molecule has 1 aliphatic rings. The SMILES string of the molecule is COc1cc(C)c(S(=O)(=O)NCC(C)(C)N2CCOCC2)cc1OC. The number of sulfonamides is 1. The van der Waals surface area contributed by atoms with E-state index in [1.807, 2.05) is 13.8 Å². The van der Waals surface area contributed by atoms with Crippen molar-refractivity contribution in [2.24, 2.45) is 0 Å². The molecule has 0 saturated carbocycles. The number of benzene rings is 1. The van der Waals surface area contributed by atoms with Crippen LogP contribution in [0.25, 0.3) is 0 Å².